The monoisotopic (exact) mass is 281 g/mol. The van der Waals surface area contributed by atoms with Crippen LogP contribution in [0.2, 0.25) is 0 Å². The Kier molecular flexibility index (Phi) is 4.61. The van der Waals surface area contributed by atoms with Gasteiger partial charge >= 0.3 is 0 Å². The van der Waals surface area contributed by atoms with Crippen LogP contribution in [0, 0.1) is 17.8 Å². The number of ether oxygens (including phenoxy) is 1. The fraction of sp³-hybridized carbons (Fsp3) is 0.938. The summed E-state index contributed by atoms with van der Waals surface area (Å²) in [6, 6.07) is 0. The van der Waals surface area contributed by atoms with Gasteiger partial charge in [0.25, 0.3) is 0 Å². The summed E-state index contributed by atoms with van der Waals surface area (Å²) >= 11 is 0. The topological polar surface area (TPSA) is 49.8 Å². The van der Waals surface area contributed by atoms with Gasteiger partial charge in [-0.05, 0) is 50.4 Å². The molecule has 1 heterocycles. The molecule has 3 rings (SSSR count). The summed E-state index contributed by atoms with van der Waals surface area (Å²) in [6.07, 6.45) is 8.00. The second kappa shape index (κ2) is 6.44. The molecule has 3 unspecified atom stereocenters. The van der Waals surface area contributed by atoms with Crippen molar-refractivity contribution >= 4 is 5.91 Å². The Bertz CT molecular complexity index is 339. The highest BCUT2D eigenvalue weighted by Crippen LogP contribution is 2.49. The maximum absolute atomic E-state index is 12.6. The second-order valence-corrected chi connectivity index (χ2v) is 6.75. The maximum Gasteiger partial charge on any atom is 0.225 e. The molecule has 114 valence electrons. The van der Waals surface area contributed by atoms with Crippen molar-refractivity contribution in [2.75, 3.05) is 26.3 Å². The highest BCUT2D eigenvalue weighted by atomic mass is 16.5. The van der Waals surface area contributed by atoms with Gasteiger partial charge in [0.15, 0.2) is 0 Å². The van der Waals surface area contributed by atoms with Crippen molar-refractivity contribution in [1.82, 2.24) is 4.90 Å². The lowest BCUT2D eigenvalue weighted by molar-refractivity contribution is -0.139. The van der Waals surface area contributed by atoms with E-state index in [0.29, 0.717) is 30.8 Å². The summed E-state index contributed by atoms with van der Waals surface area (Å²) < 4.78 is 5.73. The van der Waals surface area contributed by atoms with Gasteiger partial charge in [-0.1, -0.05) is 6.42 Å². The van der Waals surface area contributed by atoms with Crippen LogP contribution in [0.15, 0.2) is 0 Å². The molecular weight excluding hydrogens is 254 g/mol. The van der Waals surface area contributed by atoms with Gasteiger partial charge in [0.05, 0.1) is 6.10 Å². The Hall–Kier alpha value is -0.610. The summed E-state index contributed by atoms with van der Waals surface area (Å²) in [7, 11) is 0. The molecule has 0 aromatic heterocycles. The number of aliphatic hydroxyl groups excluding tert-OH is 1. The number of rotatable bonds is 5. The van der Waals surface area contributed by atoms with Crippen molar-refractivity contribution in [1.29, 1.82) is 0 Å². The van der Waals surface area contributed by atoms with Gasteiger partial charge in [-0.2, -0.15) is 0 Å². The van der Waals surface area contributed by atoms with E-state index in [1.807, 2.05) is 0 Å². The van der Waals surface area contributed by atoms with Gasteiger partial charge in [0, 0.05) is 32.2 Å². The van der Waals surface area contributed by atoms with Gasteiger partial charge in [0.1, 0.15) is 0 Å². The van der Waals surface area contributed by atoms with E-state index in [9.17, 15) is 4.79 Å². The van der Waals surface area contributed by atoms with Gasteiger partial charge in [0.2, 0.25) is 5.91 Å². The minimum atomic E-state index is 0.196. The summed E-state index contributed by atoms with van der Waals surface area (Å²) in [5, 5.41) is 8.75. The predicted molar refractivity (Wildman–Crippen MR) is 76.2 cm³/mol. The van der Waals surface area contributed by atoms with Crippen molar-refractivity contribution in [2.24, 2.45) is 17.8 Å². The fourth-order valence-electron chi connectivity index (χ4n) is 4.34. The van der Waals surface area contributed by atoms with E-state index in [-0.39, 0.29) is 12.7 Å². The molecule has 1 N–H and O–H groups in total. The van der Waals surface area contributed by atoms with Crippen LogP contribution in [0.4, 0.5) is 0 Å². The molecule has 3 fully saturated rings. The molecule has 0 aromatic carbocycles. The van der Waals surface area contributed by atoms with Crippen molar-refractivity contribution in [2.45, 2.75) is 51.0 Å². The minimum absolute atomic E-state index is 0.196. The van der Waals surface area contributed by atoms with Crippen LogP contribution in [-0.2, 0) is 9.53 Å². The van der Waals surface area contributed by atoms with Crippen LogP contribution in [0.25, 0.3) is 0 Å². The first-order chi connectivity index (χ1) is 9.78. The Morgan fingerprint density at radius 3 is 2.55 bits per heavy atom. The van der Waals surface area contributed by atoms with Crippen molar-refractivity contribution in [3.8, 4) is 0 Å². The fourth-order valence-corrected chi connectivity index (χ4v) is 4.34. The van der Waals surface area contributed by atoms with Gasteiger partial charge < -0.3 is 14.7 Å². The number of piperidine rings is 1. The Morgan fingerprint density at radius 2 is 1.95 bits per heavy atom. The van der Waals surface area contributed by atoms with E-state index in [2.05, 4.69) is 4.90 Å². The molecule has 4 nitrogen and oxygen atoms in total. The first-order valence-electron chi connectivity index (χ1n) is 8.29. The first kappa shape index (κ1) is 14.3. The lowest BCUT2D eigenvalue weighted by atomic mass is 9.87. The number of likely N-dealkylation sites (tertiary alicyclic amines) is 1. The third kappa shape index (κ3) is 3.01. The average Bonchev–Trinajstić information content (AvgIpc) is 3.10. The van der Waals surface area contributed by atoms with Crippen LogP contribution in [-0.4, -0.2) is 48.3 Å². The molecule has 2 saturated carbocycles. The zero-order valence-electron chi connectivity index (χ0n) is 12.3. The minimum Gasteiger partial charge on any atom is -0.396 e. The van der Waals surface area contributed by atoms with E-state index >= 15 is 0 Å². The molecule has 1 saturated heterocycles. The first-order valence-corrected chi connectivity index (χ1v) is 8.29. The second-order valence-electron chi connectivity index (χ2n) is 6.75. The summed E-state index contributed by atoms with van der Waals surface area (Å²) in [5.74, 6) is 2.28. The highest BCUT2D eigenvalue weighted by Gasteiger charge is 2.44. The molecule has 3 aliphatic rings. The van der Waals surface area contributed by atoms with Crippen LogP contribution in [0.1, 0.15) is 44.9 Å². The molecule has 1 aliphatic heterocycles. The van der Waals surface area contributed by atoms with Gasteiger partial charge in [-0.3, -0.25) is 4.79 Å². The van der Waals surface area contributed by atoms with E-state index in [1.165, 1.54) is 19.3 Å². The van der Waals surface area contributed by atoms with E-state index in [0.717, 1.165) is 38.3 Å². The average molecular weight is 281 g/mol. The number of hydrogen-bond acceptors (Lipinski definition) is 3. The SMILES string of the molecule is O=C(C1CC2CCC1C2)N1CCC(OCCCO)CC1. The summed E-state index contributed by atoms with van der Waals surface area (Å²) in [6.45, 7) is 2.55. The molecule has 1 amide bonds. The molecule has 2 aliphatic carbocycles. The molecule has 0 radical (unpaired) electrons. The van der Waals surface area contributed by atoms with Crippen LogP contribution < -0.4 is 0 Å². The zero-order chi connectivity index (χ0) is 13.9. The zero-order valence-corrected chi connectivity index (χ0v) is 12.3. The molecular formula is C16H27NO3. The number of amides is 1. The quantitative estimate of drug-likeness (QED) is 0.782. The number of carbonyl (C=O) groups excluding carboxylic acids is 1. The molecule has 0 aromatic rings. The van der Waals surface area contributed by atoms with E-state index in [4.69, 9.17) is 9.84 Å². The standard InChI is InChI=1S/C16H27NO3/c18-8-1-9-20-14-4-6-17(7-5-14)16(19)15-11-12-2-3-13(15)10-12/h12-15,18H,1-11H2. The van der Waals surface area contributed by atoms with E-state index < -0.39 is 0 Å². The van der Waals surface area contributed by atoms with E-state index in [1.54, 1.807) is 0 Å². The number of nitrogens with zero attached hydrogens (tertiary/aromatic N) is 1. The summed E-state index contributed by atoms with van der Waals surface area (Å²) in [5.41, 5.74) is 0. The number of aliphatic hydroxyl groups is 1. The number of carbonyl (C=O) groups is 1. The molecule has 20 heavy (non-hydrogen) atoms. The Morgan fingerprint density at radius 1 is 1.15 bits per heavy atom. The van der Waals surface area contributed by atoms with Crippen LogP contribution in [0.3, 0.4) is 0 Å². The molecule has 4 heteroatoms. The largest absolute Gasteiger partial charge is 0.396 e. The predicted octanol–water partition coefficient (Wildman–Crippen LogP) is 1.81. The third-order valence-corrected chi connectivity index (χ3v) is 5.46. The van der Waals surface area contributed by atoms with Crippen LogP contribution in [0.5, 0.6) is 0 Å². The summed E-state index contributed by atoms with van der Waals surface area (Å²) in [4.78, 5) is 14.7. The third-order valence-electron chi connectivity index (χ3n) is 5.46. The van der Waals surface area contributed by atoms with Gasteiger partial charge in [-0.25, -0.2) is 0 Å². The van der Waals surface area contributed by atoms with Crippen molar-refractivity contribution < 1.29 is 14.6 Å². The maximum atomic E-state index is 12.6. The van der Waals surface area contributed by atoms with Gasteiger partial charge in [-0.15, -0.1) is 0 Å². The molecule has 0 spiro atoms. The molecule has 3 atom stereocenters. The Balaban J connectivity index is 1.42. The van der Waals surface area contributed by atoms with Crippen molar-refractivity contribution in [3.63, 3.8) is 0 Å². The van der Waals surface area contributed by atoms with Crippen molar-refractivity contribution in [3.05, 3.63) is 0 Å². The Labute approximate surface area is 121 Å². The smallest absolute Gasteiger partial charge is 0.225 e. The lowest BCUT2D eigenvalue weighted by Crippen LogP contribution is -2.44. The molecule has 2 bridgehead atoms. The van der Waals surface area contributed by atoms with Crippen LogP contribution >= 0.6 is 0 Å². The number of hydrogen-bond donors (Lipinski definition) is 1. The highest BCUT2D eigenvalue weighted by molar-refractivity contribution is 5.79. The number of fused-ring (bicyclic) bond motifs is 2. The lowest BCUT2D eigenvalue weighted by Gasteiger charge is -2.35. The normalized spacial score (nSPS) is 33.9.